The van der Waals surface area contributed by atoms with Crippen LogP contribution in [0.4, 0.5) is 14.5 Å². The Kier molecular flexibility index (Phi) is 4.03. The van der Waals surface area contributed by atoms with Crippen molar-refractivity contribution in [3.63, 3.8) is 0 Å². The van der Waals surface area contributed by atoms with Crippen molar-refractivity contribution in [3.8, 4) is 11.4 Å². The Labute approximate surface area is 153 Å². The lowest BCUT2D eigenvalue weighted by atomic mass is 10.2. The molecule has 0 aliphatic carbocycles. The maximum atomic E-state index is 13.8. The Morgan fingerprint density at radius 3 is 2.50 bits per heavy atom. The molecule has 0 unspecified atom stereocenters. The van der Waals surface area contributed by atoms with E-state index in [0.717, 1.165) is 0 Å². The predicted molar refractivity (Wildman–Crippen MR) is 94.0 cm³/mol. The zero-order valence-electron chi connectivity index (χ0n) is 13.9. The number of pyridine rings is 1. The van der Waals surface area contributed by atoms with E-state index in [9.17, 15) is 23.2 Å². The molecule has 9 nitrogen and oxygen atoms in total. The van der Waals surface area contributed by atoms with Crippen molar-refractivity contribution in [2.75, 3.05) is 5.32 Å². The monoisotopic (exact) mass is 384 g/mol. The first-order valence-electron chi connectivity index (χ1n) is 7.86. The Morgan fingerprint density at radius 1 is 1.00 bits per heavy atom. The van der Waals surface area contributed by atoms with Crippen LogP contribution in [0.1, 0.15) is 10.5 Å². The summed E-state index contributed by atoms with van der Waals surface area (Å²) in [6.07, 6.45) is 1.47. The molecule has 4 aromatic rings. The molecule has 0 aliphatic rings. The minimum absolute atomic E-state index is 0.223. The van der Waals surface area contributed by atoms with Gasteiger partial charge < -0.3 is 10.3 Å². The average molecular weight is 384 g/mol. The van der Waals surface area contributed by atoms with Gasteiger partial charge >= 0.3 is 5.69 Å². The van der Waals surface area contributed by atoms with E-state index in [-0.39, 0.29) is 5.69 Å². The number of H-pyrrole nitrogens is 2. The van der Waals surface area contributed by atoms with Crippen molar-refractivity contribution < 1.29 is 13.6 Å². The second-order valence-electron chi connectivity index (χ2n) is 5.73. The molecule has 0 bridgehead atoms. The third kappa shape index (κ3) is 3.05. The van der Waals surface area contributed by atoms with Gasteiger partial charge in [-0.2, -0.15) is 4.39 Å². The summed E-state index contributed by atoms with van der Waals surface area (Å²) in [7, 11) is 0. The lowest BCUT2D eigenvalue weighted by molar-refractivity contribution is 0.101. The van der Waals surface area contributed by atoms with Gasteiger partial charge in [-0.15, -0.1) is 10.2 Å². The van der Waals surface area contributed by atoms with Gasteiger partial charge in [0.1, 0.15) is 5.82 Å². The first-order valence-corrected chi connectivity index (χ1v) is 7.86. The Hall–Kier alpha value is -4.15. The second kappa shape index (κ2) is 6.54. The number of fused-ring (bicyclic) bond motifs is 1. The summed E-state index contributed by atoms with van der Waals surface area (Å²) < 4.78 is 28.5. The number of aromatic nitrogens is 5. The zero-order chi connectivity index (χ0) is 19.8. The first kappa shape index (κ1) is 17.3. The summed E-state index contributed by atoms with van der Waals surface area (Å²) in [5.74, 6) is -2.44. The number of nitrogens with one attached hydrogen (secondary N) is 3. The SMILES string of the molecule is O=C(Nc1ccc2nnc(-c3ccc(F)cc3)n2c1)c1[nH]c(=O)[nH]c(=O)c1F. The van der Waals surface area contributed by atoms with Crippen LogP contribution in [0.3, 0.4) is 0 Å². The van der Waals surface area contributed by atoms with Crippen LogP contribution in [0.15, 0.2) is 52.2 Å². The van der Waals surface area contributed by atoms with Gasteiger partial charge in [-0.1, -0.05) is 0 Å². The normalized spacial score (nSPS) is 10.9. The lowest BCUT2D eigenvalue weighted by Gasteiger charge is -2.07. The van der Waals surface area contributed by atoms with E-state index in [1.807, 2.05) is 4.98 Å². The zero-order valence-corrected chi connectivity index (χ0v) is 13.9. The molecule has 0 aliphatic heterocycles. The number of benzene rings is 1. The third-order valence-electron chi connectivity index (χ3n) is 3.87. The minimum Gasteiger partial charge on any atom is -0.319 e. The van der Waals surface area contributed by atoms with Crippen LogP contribution >= 0.6 is 0 Å². The molecule has 3 aromatic heterocycles. The van der Waals surface area contributed by atoms with Crippen molar-refractivity contribution in [3.05, 3.63) is 80.8 Å². The molecular formula is C17H10F2N6O3. The van der Waals surface area contributed by atoms with Gasteiger partial charge in [0.25, 0.3) is 11.5 Å². The lowest BCUT2D eigenvalue weighted by Crippen LogP contribution is -2.31. The highest BCUT2D eigenvalue weighted by Gasteiger charge is 2.17. The fourth-order valence-corrected chi connectivity index (χ4v) is 2.58. The molecule has 1 amide bonds. The molecule has 3 heterocycles. The molecule has 0 fully saturated rings. The van der Waals surface area contributed by atoms with Crippen LogP contribution in [0, 0.1) is 11.6 Å². The molecular weight excluding hydrogens is 374 g/mol. The van der Waals surface area contributed by atoms with Crippen LogP contribution in [-0.2, 0) is 0 Å². The number of aromatic amines is 2. The molecule has 3 N–H and O–H groups in total. The molecule has 0 atom stereocenters. The van der Waals surface area contributed by atoms with Gasteiger partial charge in [-0.3, -0.25) is 19.0 Å². The van der Waals surface area contributed by atoms with Gasteiger partial charge in [0.15, 0.2) is 17.2 Å². The third-order valence-corrected chi connectivity index (χ3v) is 3.87. The highest BCUT2D eigenvalue weighted by molar-refractivity contribution is 6.02. The van der Waals surface area contributed by atoms with Crippen molar-refractivity contribution in [2.45, 2.75) is 0 Å². The Bertz CT molecular complexity index is 1320. The van der Waals surface area contributed by atoms with Crippen molar-refractivity contribution >= 4 is 17.2 Å². The van der Waals surface area contributed by atoms with Crippen LogP contribution in [-0.4, -0.2) is 30.5 Å². The molecule has 140 valence electrons. The van der Waals surface area contributed by atoms with E-state index in [2.05, 4.69) is 15.5 Å². The molecule has 0 saturated carbocycles. The van der Waals surface area contributed by atoms with E-state index in [1.165, 1.54) is 36.5 Å². The fourth-order valence-electron chi connectivity index (χ4n) is 2.58. The second-order valence-corrected chi connectivity index (χ2v) is 5.73. The van der Waals surface area contributed by atoms with Gasteiger partial charge in [-0.05, 0) is 36.4 Å². The summed E-state index contributed by atoms with van der Waals surface area (Å²) >= 11 is 0. The fraction of sp³-hybridized carbons (Fsp3) is 0. The van der Waals surface area contributed by atoms with Crippen LogP contribution in [0.25, 0.3) is 17.0 Å². The quantitative estimate of drug-likeness (QED) is 0.491. The highest BCUT2D eigenvalue weighted by Crippen LogP contribution is 2.21. The molecule has 0 spiro atoms. The standard InChI is InChI=1S/C17H10F2N6O3/c18-9-3-1-8(2-4-9)14-24-23-11-6-5-10(7-25(11)14)20-16(27)13-12(19)15(26)22-17(28)21-13/h1-7H,(H,20,27)(H2,21,22,26,28). The number of hydrogen-bond donors (Lipinski definition) is 3. The number of carbonyl (C=O) groups is 1. The van der Waals surface area contributed by atoms with Gasteiger partial charge in [0.2, 0.25) is 5.82 Å². The predicted octanol–water partition coefficient (Wildman–Crippen LogP) is 1.30. The van der Waals surface area contributed by atoms with E-state index in [4.69, 9.17) is 0 Å². The van der Waals surface area contributed by atoms with Crippen molar-refractivity contribution in [1.82, 2.24) is 24.6 Å². The molecule has 28 heavy (non-hydrogen) atoms. The maximum Gasteiger partial charge on any atom is 0.326 e. The number of carbonyl (C=O) groups excluding carboxylic acids is 1. The number of amides is 1. The Balaban J connectivity index is 1.71. The summed E-state index contributed by atoms with van der Waals surface area (Å²) in [6.45, 7) is 0. The van der Waals surface area contributed by atoms with E-state index in [0.29, 0.717) is 17.0 Å². The molecule has 11 heteroatoms. The molecule has 0 radical (unpaired) electrons. The topological polar surface area (TPSA) is 125 Å². The highest BCUT2D eigenvalue weighted by atomic mass is 19.1. The summed E-state index contributed by atoms with van der Waals surface area (Å²) in [5, 5.41) is 10.4. The van der Waals surface area contributed by atoms with E-state index >= 15 is 0 Å². The van der Waals surface area contributed by atoms with E-state index < -0.39 is 34.5 Å². The van der Waals surface area contributed by atoms with Gasteiger partial charge in [-0.25, -0.2) is 9.18 Å². The molecule has 4 rings (SSSR count). The number of anilines is 1. The van der Waals surface area contributed by atoms with Crippen LogP contribution < -0.4 is 16.6 Å². The van der Waals surface area contributed by atoms with Crippen LogP contribution in [0.2, 0.25) is 0 Å². The average Bonchev–Trinajstić information content (AvgIpc) is 3.08. The van der Waals surface area contributed by atoms with Crippen LogP contribution in [0.5, 0.6) is 0 Å². The van der Waals surface area contributed by atoms with Crippen molar-refractivity contribution in [2.24, 2.45) is 0 Å². The van der Waals surface area contributed by atoms with Crippen molar-refractivity contribution in [1.29, 1.82) is 0 Å². The van der Waals surface area contributed by atoms with Gasteiger partial charge in [0, 0.05) is 11.8 Å². The maximum absolute atomic E-state index is 13.8. The number of nitrogens with zero attached hydrogens (tertiary/aromatic N) is 3. The molecule has 1 aromatic carbocycles. The first-order chi connectivity index (χ1) is 13.4. The van der Waals surface area contributed by atoms with Gasteiger partial charge in [0.05, 0.1) is 5.69 Å². The molecule has 0 saturated heterocycles. The largest absolute Gasteiger partial charge is 0.326 e. The summed E-state index contributed by atoms with van der Waals surface area (Å²) in [6, 6.07) is 8.62. The number of hydrogen-bond acceptors (Lipinski definition) is 5. The number of rotatable bonds is 3. The summed E-state index contributed by atoms with van der Waals surface area (Å²) in [4.78, 5) is 38.5. The smallest absolute Gasteiger partial charge is 0.319 e. The number of halogens is 2. The summed E-state index contributed by atoms with van der Waals surface area (Å²) in [5.41, 5.74) is -1.85. The minimum atomic E-state index is -1.41. The Morgan fingerprint density at radius 2 is 1.75 bits per heavy atom. The van der Waals surface area contributed by atoms with E-state index in [1.54, 1.807) is 15.5 Å².